The summed E-state index contributed by atoms with van der Waals surface area (Å²) in [4.78, 5) is 17.2. The number of aliphatic hydroxyl groups excluding tert-OH is 1. The smallest absolute Gasteiger partial charge is 0.396 e. The van der Waals surface area contributed by atoms with E-state index in [1.807, 2.05) is 0 Å². The van der Waals surface area contributed by atoms with E-state index < -0.39 is 29.0 Å². The first-order chi connectivity index (χ1) is 16.8. The Morgan fingerprint density at radius 3 is 2.49 bits per heavy atom. The van der Waals surface area contributed by atoms with Crippen LogP contribution in [-0.2, 0) is 10.9 Å². The third-order valence-electron chi connectivity index (χ3n) is 6.49. The monoisotopic (exact) mass is 484 g/mol. The number of ketones is 1. The minimum absolute atomic E-state index is 0.123. The van der Waals surface area contributed by atoms with E-state index >= 15 is 0 Å². The lowest BCUT2D eigenvalue weighted by Crippen LogP contribution is -2.17. The van der Waals surface area contributed by atoms with Crippen molar-refractivity contribution in [2.75, 3.05) is 25.6 Å². The number of nitrogens with zero attached hydrogens (tertiary/aromatic N) is 1. The highest BCUT2D eigenvalue weighted by molar-refractivity contribution is 5.99. The summed E-state index contributed by atoms with van der Waals surface area (Å²) >= 11 is 0. The van der Waals surface area contributed by atoms with Gasteiger partial charge in [-0.1, -0.05) is 42.5 Å². The molecule has 1 saturated heterocycles. The van der Waals surface area contributed by atoms with Crippen LogP contribution in [0.25, 0.3) is 11.1 Å². The van der Waals surface area contributed by atoms with E-state index in [0.29, 0.717) is 24.3 Å². The van der Waals surface area contributed by atoms with Crippen LogP contribution in [0.5, 0.6) is 0 Å². The number of hydrogen-bond acceptors (Lipinski definition) is 5. The molecule has 1 fully saturated rings. The van der Waals surface area contributed by atoms with Gasteiger partial charge in [0.1, 0.15) is 5.82 Å². The Morgan fingerprint density at radius 1 is 1.11 bits per heavy atom. The molecule has 3 aromatic rings. The molecule has 184 valence electrons. The summed E-state index contributed by atoms with van der Waals surface area (Å²) in [5.41, 5.74) is 6.83. The van der Waals surface area contributed by atoms with Gasteiger partial charge in [-0.15, -0.1) is 0 Å². The maximum Gasteiger partial charge on any atom is 0.417 e. The van der Waals surface area contributed by atoms with Crippen molar-refractivity contribution in [2.24, 2.45) is 0 Å². The van der Waals surface area contributed by atoms with Gasteiger partial charge in [-0.3, -0.25) is 4.79 Å². The summed E-state index contributed by atoms with van der Waals surface area (Å²) in [5, 5.41) is 9.76. The summed E-state index contributed by atoms with van der Waals surface area (Å²) in [6.45, 7) is 0.894. The second-order valence-electron chi connectivity index (χ2n) is 8.76. The minimum Gasteiger partial charge on any atom is -0.396 e. The second-order valence-corrected chi connectivity index (χ2v) is 8.76. The first-order valence-electron chi connectivity index (χ1n) is 11.5. The summed E-state index contributed by atoms with van der Waals surface area (Å²) in [5.74, 6) is -0.960. The Kier molecular flexibility index (Phi) is 7.52. The number of carbonyl (C=O) groups is 1. The van der Waals surface area contributed by atoms with Crippen molar-refractivity contribution < 1.29 is 27.8 Å². The van der Waals surface area contributed by atoms with Crippen LogP contribution in [0.4, 0.5) is 19.0 Å². The number of anilines is 1. The Labute approximate surface area is 201 Å². The number of pyridine rings is 1. The minimum atomic E-state index is -4.75. The first kappa shape index (κ1) is 24.9. The highest BCUT2D eigenvalue weighted by atomic mass is 19.4. The van der Waals surface area contributed by atoms with Crippen LogP contribution in [0, 0.1) is 0 Å². The zero-order valence-corrected chi connectivity index (χ0v) is 19.1. The number of ether oxygens (including phenoxy) is 1. The number of aromatic nitrogens is 1. The van der Waals surface area contributed by atoms with Crippen molar-refractivity contribution >= 4 is 11.6 Å². The van der Waals surface area contributed by atoms with Crippen molar-refractivity contribution in [1.82, 2.24) is 4.98 Å². The van der Waals surface area contributed by atoms with E-state index in [2.05, 4.69) is 4.98 Å². The number of nitrogen functional groups attached to an aromatic ring is 1. The maximum atomic E-state index is 14.1. The molecule has 0 amide bonds. The van der Waals surface area contributed by atoms with E-state index in [0.717, 1.165) is 24.5 Å². The van der Waals surface area contributed by atoms with Crippen LogP contribution < -0.4 is 5.73 Å². The van der Waals surface area contributed by atoms with E-state index in [1.165, 1.54) is 12.1 Å². The van der Waals surface area contributed by atoms with Gasteiger partial charge in [0.15, 0.2) is 5.78 Å². The standard InChI is InChI=1S/C27H27F3N2O3/c28-27(29,30)24-13-19(23-12-20(15-32-26(23)31)18-8-10-35-11-9-18)6-7-22(24)25(34)14-21(16-33)17-4-2-1-3-5-17/h1-7,12-13,15,18,21,33H,8-11,14,16H2,(H2,31,32)/t21-/m1/s1. The summed E-state index contributed by atoms with van der Waals surface area (Å²) in [6, 6.07) is 14.2. The van der Waals surface area contributed by atoms with Gasteiger partial charge >= 0.3 is 6.18 Å². The lowest BCUT2D eigenvalue weighted by atomic mass is 9.88. The average molecular weight is 485 g/mol. The van der Waals surface area contributed by atoms with Gasteiger partial charge in [0.25, 0.3) is 0 Å². The van der Waals surface area contributed by atoms with Crippen LogP contribution in [0.2, 0.25) is 0 Å². The van der Waals surface area contributed by atoms with Crippen LogP contribution in [0.3, 0.4) is 0 Å². The van der Waals surface area contributed by atoms with Crippen molar-refractivity contribution in [3.8, 4) is 11.1 Å². The Balaban J connectivity index is 1.68. The number of nitrogens with two attached hydrogens (primary N) is 1. The van der Waals surface area contributed by atoms with E-state index in [9.17, 15) is 23.1 Å². The fourth-order valence-electron chi connectivity index (χ4n) is 4.51. The molecule has 0 spiro atoms. The number of Topliss-reactive ketones (excluding diaryl/α,β-unsaturated/α-hetero) is 1. The molecular formula is C27H27F3N2O3. The molecule has 4 rings (SSSR count). The summed E-state index contributed by atoms with van der Waals surface area (Å²) in [7, 11) is 0. The molecule has 1 aromatic heterocycles. The molecule has 8 heteroatoms. The number of halogens is 3. The van der Waals surface area contributed by atoms with Crippen molar-refractivity contribution in [3.05, 3.63) is 83.0 Å². The van der Waals surface area contributed by atoms with Crippen molar-refractivity contribution in [3.63, 3.8) is 0 Å². The average Bonchev–Trinajstić information content (AvgIpc) is 2.87. The molecule has 1 aliphatic heterocycles. The Bertz CT molecular complexity index is 1180. The Morgan fingerprint density at radius 2 is 1.83 bits per heavy atom. The lowest BCUT2D eigenvalue weighted by Gasteiger charge is -2.23. The summed E-state index contributed by atoms with van der Waals surface area (Å²) in [6.07, 6.45) is -1.72. The Hall–Kier alpha value is -3.23. The molecule has 0 bridgehead atoms. The molecule has 2 heterocycles. The number of benzene rings is 2. The van der Waals surface area contributed by atoms with Crippen LogP contribution in [0.15, 0.2) is 60.8 Å². The lowest BCUT2D eigenvalue weighted by molar-refractivity contribution is -0.137. The zero-order chi connectivity index (χ0) is 25.0. The number of rotatable bonds is 7. The molecule has 0 aliphatic carbocycles. The van der Waals surface area contributed by atoms with Crippen LogP contribution in [0.1, 0.15) is 58.1 Å². The van der Waals surface area contributed by atoms with E-state index in [-0.39, 0.29) is 30.3 Å². The van der Waals surface area contributed by atoms with Gasteiger partial charge in [-0.2, -0.15) is 13.2 Å². The fraction of sp³-hybridized carbons (Fsp3) is 0.333. The van der Waals surface area contributed by atoms with Gasteiger partial charge in [-0.05, 0) is 47.6 Å². The van der Waals surface area contributed by atoms with Gasteiger partial charge < -0.3 is 15.6 Å². The molecule has 0 radical (unpaired) electrons. The van der Waals surface area contributed by atoms with Gasteiger partial charge in [-0.25, -0.2) is 4.98 Å². The van der Waals surface area contributed by atoms with Crippen LogP contribution >= 0.6 is 0 Å². The quantitative estimate of drug-likeness (QED) is 0.427. The van der Waals surface area contributed by atoms with Gasteiger partial charge in [0.2, 0.25) is 0 Å². The zero-order valence-electron chi connectivity index (χ0n) is 19.1. The maximum absolute atomic E-state index is 14.1. The predicted octanol–water partition coefficient (Wildman–Crippen LogP) is 5.59. The number of aliphatic hydroxyl groups is 1. The van der Waals surface area contributed by atoms with Gasteiger partial charge in [0.05, 0.1) is 12.2 Å². The molecular weight excluding hydrogens is 457 g/mol. The molecule has 2 aromatic carbocycles. The van der Waals surface area contributed by atoms with Gasteiger partial charge in [0, 0.05) is 42.9 Å². The topological polar surface area (TPSA) is 85.4 Å². The molecule has 1 atom stereocenters. The number of carbonyl (C=O) groups excluding carboxylic acids is 1. The largest absolute Gasteiger partial charge is 0.417 e. The normalized spacial score (nSPS) is 15.7. The molecule has 35 heavy (non-hydrogen) atoms. The fourth-order valence-corrected chi connectivity index (χ4v) is 4.51. The SMILES string of the molecule is Nc1ncc(C2CCOCC2)cc1-c1ccc(C(=O)C[C@H](CO)c2ccccc2)c(C(F)(F)F)c1. The van der Waals surface area contributed by atoms with Crippen molar-refractivity contribution in [2.45, 2.75) is 37.3 Å². The van der Waals surface area contributed by atoms with Crippen molar-refractivity contribution in [1.29, 1.82) is 0 Å². The third-order valence-corrected chi connectivity index (χ3v) is 6.49. The first-order valence-corrected chi connectivity index (χ1v) is 11.5. The number of alkyl halides is 3. The van der Waals surface area contributed by atoms with Crippen LogP contribution in [-0.4, -0.2) is 35.7 Å². The second kappa shape index (κ2) is 10.6. The van der Waals surface area contributed by atoms with E-state index in [1.54, 1.807) is 42.6 Å². The molecule has 1 aliphatic rings. The highest BCUT2D eigenvalue weighted by Crippen LogP contribution is 2.38. The van der Waals surface area contributed by atoms with E-state index in [4.69, 9.17) is 10.5 Å². The predicted molar refractivity (Wildman–Crippen MR) is 127 cm³/mol. The molecule has 3 N–H and O–H groups in total. The molecule has 5 nitrogen and oxygen atoms in total. The number of hydrogen-bond donors (Lipinski definition) is 2. The summed E-state index contributed by atoms with van der Waals surface area (Å²) < 4.78 is 47.6. The molecule has 0 unspecified atom stereocenters. The molecule has 0 saturated carbocycles. The highest BCUT2D eigenvalue weighted by Gasteiger charge is 2.36. The third kappa shape index (κ3) is 5.71.